The predicted molar refractivity (Wildman–Crippen MR) is 38.1 cm³/mol. The van der Waals surface area contributed by atoms with Gasteiger partial charge < -0.3 is 0 Å². The number of rotatable bonds is 1. The first-order chi connectivity index (χ1) is 5.11. The Kier molecular flexibility index (Phi) is 1.51. The molecule has 0 aliphatic rings. The summed E-state index contributed by atoms with van der Waals surface area (Å²) in [6.07, 6.45) is 0. The Bertz CT molecular complexity index is 303. The van der Waals surface area contributed by atoms with Crippen molar-refractivity contribution in [2.75, 3.05) is 0 Å². The van der Waals surface area contributed by atoms with E-state index in [1.165, 1.54) is 12.1 Å². The van der Waals surface area contributed by atoms with Crippen LogP contribution in [0.5, 0.6) is 0 Å². The number of benzene rings is 1. The van der Waals surface area contributed by atoms with E-state index in [2.05, 4.69) is 0 Å². The van der Waals surface area contributed by atoms with Crippen molar-refractivity contribution in [3.63, 3.8) is 0 Å². The summed E-state index contributed by atoms with van der Waals surface area (Å²) in [6.45, 7) is 0. The zero-order valence-corrected chi connectivity index (χ0v) is 5.63. The lowest BCUT2D eigenvalue weighted by molar-refractivity contribution is -0.384. The van der Waals surface area contributed by atoms with Crippen LogP contribution in [0.1, 0.15) is 1.37 Å². The fraction of sp³-hybridized carbons (Fsp3) is 0. The molecule has 52 valence electrons. The molecule has 0 aromatic heterocycles. The van der Waals surface area contributed by atoms with Gasteiger partial charge in [-0.3, -0.25) is 10.1 Å². The molecule has 1 rings (SSSR count). The number of nitro benzene ring substituents is 1. The molecule has 0 aliphatic carbocycles. The van der Waals surface area contributed by atoms with E-state index in [1.807, 2.05) is 0 Å². The van der Waals surface area contributed by atoms with E-state index in [-0.39, 0.29) is 16.8 Å². The minimum absolute atomic E-state index is 0.0611. The maximum Gasteiger partial charge on any atom is 0.287 e. The van der Waals surface area contributed by atoms with E-state index in [4.69, 9.17) is 13.0 Å². The standard InChI is InChI=1S/C6H4ClNO2/c7-5-3-1-2-4-6(5)8(9)10/h1-4H/i2D. The third kappa shape index (κ3) is 1.25. The van der Waals surface area contributed by atoms with Gasteiger partial charge in [0.25, 0.3) is 5.69 Å². The molecule has 0 spiro atoms. The highest BCUT2D eigenvalue weighted by Crippen LogP contribution is 2.21. The van der Waals surface area contributed by atoms with Crippen molar-refractivity contribution in [2.24, 2.45) is 0 Å². The van der Waals surface area contributed by atoms with Crippen LogP contribution in [0.4, 0.5) is 5.69 Å². The van der Waals surface area contributed by atoms with Gasteiger partial charge in [0.15, 0.2) is 0 Å². The molecule has 0 unspecified atom stereocenters. The second-order valence-electron chi connectivity index (χ2n) is 1.63. The molecule has 0 amide bonds. The van der Waals surface area contributed by atoms with Crippen molar-refractivity contribution >= 4 is 17.3 Å². The molecule has 0 bridgehead atoms. The van der Waals surface area contributed by atoms with Gasteiger partial charge in [0.05, 0.1) is 6.29 Å². The summed E-state index contributed by atoms with van der Waals surface area (Å²) in [4.78, 5) is 9.60. The van der Waals surface area contributed by atoms with Crippen LogP contribution in [0.15, 0.2) is 24.2 Å². The van der Waals surface area contributed by atoms with E-state index in [0.717, 1.165) is 6.07 Å². The summed E-state index contributed by atoms with van der Waals surface area (Å²) >= 11 is 5.47. The van der Waals surface area contributed by atoms with Crippen LogP contribution in [0.3, 0.4) is 0 Å². The summed E-state index contributed by atoms with van der Waals surface area (Å²) < 4.78 is 7.06. The van der Waals surface area contributed by atoms with E-state index in [0.29, 0.717) is 0 Å². The lowest BCUT2D eigenvalue weighted by Crippen LogP contribution is -1.87. The van der Waals surface area contributed by atoms with Crippen molar-refractivity contribution < 1.29 is 6.29 Å². The van der Waals surface area contributed by atoms with Gasteiger partial charge in [0.1, 0.15) is 5.02 Å². The van der Waals surface area contributed by atoms with Gasteiger partial charge in [-0.15, -0.1) is 0 Å². The lowest BCUT2D eigenvalue weighted by atomic mass is 10.3. The van der Waals surface area contributed by atoms with Crippen molar-refractivity contribution in [3.05, 3.63) is 39.4 Å². The van der Waals surface area contributed by atoms with Gasteiger partial charge in [-0.2, -0.15) is 0 Å². The molecule has 0 radical (unpaired) electrons. The van der Waals surface area contributed by atoms with Crippen LogP contribution < -0.4 is 0 Å². The van der Waals surface area contributed by atoms with E-state index in [9.17, 15) is 10.1 Å². The predicted octanol–water partition coefficient (Wildman–Crippen LogP) is 2.25. The Morgan fingerprint density at radius 1 is 1.70 bits per heavy atom. The van der Waals surface area contributed by atoms with Gasteiger partial charge in [0.2, 0.25) is 0 Å². The SMILES string of the molecule is [2H]c1ccc(Cl)c([N+](=O)[O-])c1. The highest BCUT2D eigenvalue weighted by Gasteiger charge is 2.08. The Morgan fingerprint density at radius 3 is 2.90 bits per heavy atom. The zero-order valence-electron chi connectivity index (χ0n) is 5.87. The number of hydrogen-bond donors (Lipinski definition) is 0. The minimum Gasteiger partial charge on any atom is -0.258 e. The van der Waals surface area contributed by atoms with Crippen LogP contribution in [0.2, 0.25) is 5.02 Å². The van der Waals surface area contributed by atoms with Gasteiger partial charge in [-0.1, -0.05) is 23.7 Å². The topological polar surface area (TPSA) is 43.1 Å². The zero-order chi connectivity index (χ0) is 8.43. The smallest absolute Gasteiger partial charge is 0.258 e. The molecule has 0 saturated heterocycles. The number of nitrogens with zero attached hydrogens (tertiary/aromatic N) is 1. The molecule has 0 saturated carbocycles. The Labute approximate surface area is 63.8 Å². The maximum absolute atomic E-state index is 10.2. The van der Waals surface area contributed by atoms with E-state index in [1.54, 1.807) is 0 Å². The van der Waals surface area contributed by atoms with Crippen molar-refractivity contribution in [1.82, 2.24) is 0 Å². The number of halogens is 1. The van der Waals surface area contributed by atoms with Crippen molar-refractivity contribution in [3.8, 4) is 0 Å². The van der Waals surface area contributed by atoms with Gasteiger partial charge in [0, 0.05) is 6.07 Å². The second kappa shape index (κ2) is 2.66. The number of para-hydroxylation sites is 1. The van der Waals surface area contributed by atoms with Gasteiger partial charge >= 0.3 is 0 Å². The summed E-state index contributed by atoms with van der Waals surface area (Å²) in [5.74, 6) is 0. The molecular formula is C6H4ClNO2. The highest BCUT2D eigenvalue weighted by atomic mass is 35.5. The molecule has 1 aromatic carbocycles. The van der Waals surface area contributed by atoms with Crippen LogP contribution in [-0.4, -0.2) is 4.92 Å². The summed E-state index contributed by atoms with van der Waals surface area (Å²) in [7, 11) is 0. The molecule has 4 heteroatoms. The molecule has 0 N–H and O–H groups in total. The van der Waals surface area contributed by atoms with Crippen LogP contribution in [0, 0.1) is 10.1 Å². The Balaban J connectivity index is 3.23. The van der Waals surface area contributed by atoms with Crippen molar-refractivity contribution in [2.45, 2.75) is 0 Å². The normalized spacial score (nSPS) is 10.7. The Hall–Kier alpha value is -1.09. The van der Waals surface area contributed by atoms with Gasteiger partial charge in [-0.25, -0.2) is 0 Å². The number of nitro groups is 1. The molecule has 0 heterocycles. The first-order valence-electron chi connectivity index (χ1n) is 3.02. The third-order valence-electron chi connectivity index (χ3n) is 0.987. The van der Waals surface area contributed by atoms with Crippen LogP contribution in [0.25, 0.3) is 0 Å². The summed E-state index contributed by atoms with van der Waals surface area (Å²) in [5.41, 5.74) is -0.223. The monoisotopic (exact) mass is 158 g/mol. The largest absolute Gasteiger partial charge is 0.287 e. The molecule has 0 atom stereocenters. The second-order valence-corrected chi connectivity index (χ2v) is 2.04. The van der Waals surface area contributed by atoms with Gasteiger partial charge in [-0.05, 0) is 6.07 Å². The average Bonchev–Trinajstić information content (AvgIpc) is 1.94. The third-order valence-corrected chi connectivity index (χ3v) is 1.31. The molecule has 10 heavy (non-hydrogen) atoms. The summed E-state index contributed by atoms with van der Waals surface area (Å²) in [5, 5.41) is 10.3. The maximum atomic E-state index is 10.2. The quantitative estimate of drug-likeness (QED) is 0.465. The molecule has 0 fully saturated rings. The first-order valence-corrected chi connectivity index (χ1v) is 2.89. The number of hydrogen-bond acceptors (Lipinski definition) is 2. The lowest BCUT2D eigenvalue weighted by Gasteiger charge is -1.90. The fourth-order valence-corrected chi connectivity index (χ4v) is 0.729. The van der Waals surface area contributed by atoms with E-state index < -0.39 is 4.92 Å². The highest BCUT2D eigenvalue weighted by molar-refractivity contribution is 6.32. The van der Waals surface area contributed by atoms with Crippen LogP contribution >= 0.6 is 11.6 Å². The average molecular weight is 159 g/mol. The van der Waals surface area contributed by atoms with Crippen molar-refractivity contribution in [1.29, 1.82) is 0 Å². The van der Waals surface area contributed by atoms with E-state index >= 15 is 0 Å². The first kappa shape index (κ1) is 5.68. The Morgan fingerprint density at radius 2 is 2.40 bits per heavy atom. The van der Waals surface area contributed by atoms with Crippen LogP contribution in [-0.2, 0) is 0 Å². The molecule has 0 aliphatic heterocycles. The minimum atomic E-state index is -0.611. The molecular weight excluding hydrogens is 154 g/mol. The fourth-order valence-electron chi connectivity index (χ4n) is 0.543. The summed E-state index contributed by atoms with van der Waals surface area (Å²) in [6, 6.07) is 3.93. The molecule has 1 aromatic rings. The molecule has 3 nitrogen and oxygen atoms in total.